The number of hydrogen-bond donors (Lipinski definition) is 0. The monoisotopic (exact) mass is 332 g/mol. The van der Waals surface area contributed by atoms with Crippen LogP contribution in [-0.2, 0) is 0 Å². The second-order valence-corrected chi connectivity index (χ2v) is 8.94. The van der Waals surface area contributed by atoms with Gasteiger partial charge in [0.1, 0.15) is 0 Å². The van der Waals surface area contributed by atoms with Crippen LogP contribution in [0.5, 0.6) is 0 Å². The fraction of sp³-hybridized carbons (Fsp3) is 1.00. The molecular weight excluding hydrogens is 292 g/mol. The summed E-state index contributed by atoms with van der Waals surface area (Å²) in [4.78, 5) is 0. The number of rotatable bonds is 17. The van der Waals surface area contributed by atoms with Crippen molar-refractivity contribution in [1.29, 1.82) is 0 Å². The summed E-state index contributed by atoms with van der Waals surface area (Å²) < 4.78 is 0. The third kappa shape index (κ3) is 18.5. The molecule has 0 bridgehead atoms. The van der Waals surface area contributed by atoms with Crippen LogP contribution in [0.2, 0.25) is 5.54 Å². The first-order valence-electron chi connectivity index (χ1n) is 9.87. The van der Waals surface area contributed by atoms with Crippen molar-refractivity contribution >= 4 is 21.8 Å². The lowest BCUT2D eigenvalue weighted by Crippen LogP contribution is -1.93. The molecule has 0 rings (SSSR count). The molecule has 0 aliphatic rings. The van der Waals surface area contributed by atoms with Crippen LogP contribution in [0.25, 0.3) is 0 Å². The highest BCUT2D eigenvalue weighted by atomic mass is 35.5. The van der Waals surface area contributed by atoms with Gasteiger partial charge in [0, 0.05) is 16.1 Å². The summed E-state index contributed by atoms with van der Waals surface area (Å²) in [6.45, 7) is 2.29. The zero-order valence-electron chi connectivity index (χ0n) is 15.0. The van der Waals surface area contributed by atoms with Gasteiger partial charge >= 0.3 is 0 Å². The summed E-state index contributed by atoms with van der Waals surface area (Å²) in [7, 11) is 1.28. The SMILES string of the molecule is CCCCCCCCCCCCCCCCCC([SiH3])CCl. The Morgan fingerprint density at radius 1 is 0.619 bits per heavy atom. The van der Waals surface area contributed by atoms with Gasteiger partial charge in [-0.1, -0.05) is 110 Å². The highest BCUT2D eigenvalue weighted by Gasteiger charge is 1.99. The summed E-state index contributed by atoms with van der Waals surface area (Å²) in [5, 5.41) is 0. The summed E-state index contributed by atoms with van der Waals surface area (Å²) >= 11 is 5.85. The Morgan fingerprint density at radius 3 is 1.29 bits per heavy atom. The molecule has 0 fully saturated rings. The lowest BCUT2D eigenvalue weighted by atomic mass is 10.0. The second-order valence-electron chi connectivity index (χ2n) is 7.00. The Balaban J connectivity index is 2.96. The van der Waals surface area contributed by atoms with E-state index in [-0.39, 0.29) is 0 Å². The summed E-state index contributed by atoms with van der Waals surface area (Å²) in [5.41, 5.74) is 0.855. The van der Waals surface area contributed by atoms with Crippen molar-refractivity contribution in [3.63, 3.8) is 0 Å². The van der Waals surface area contributed by atoms with Crippen LogP contribution < -0.4 is 0 Å². The van der Waals surface area contributed by atoms with Crippen molar-refractivity contribution in [3.05, 3.63) is 0 Å². The minimum Gasteiger partial charge on any atom is -0.127 e. The molecule has 0 aliphatic heterocycles. The lowest BCUT2D eigenvalue weighted by molar-refractivity contribution is 0.529. The van der Waals surface area contributed by atoms with Gasteiger partial charge in [0.15, 0.2) is 0 Å². The topological polar surface area (TPSA) is 0 Å². The molecule has 0 aromatic rings. The van der Waals surface area contributed by atoms with E-state index in [9.17, 15) is 0 Å². The third-order valence-electron chi connectivity index (χ3n) is 4.56. The Bertz CT molecular complexity index is 184. The van der Waals surface area contributed by atoms with Crippen molar-refractivity contribution in [3.8, 4) is 0 Å². The third-order valence-corrected chi connectivity index (χ3v) is 6.59. The van der Waals surface area contributed by atoms with E-state index < -0.39 is 0 Å². The minimum absolute atomic E-state index is 0.855. The van der Waals surface area contributed by atoms with E-state index in [1.165, 1.54) is 113 Å². The maximum atomic E-state index is 5.85. The molecule has 0 saturated carbocycles. The highest BCUT2D eigenvalue weighted by Crippen LogP contribution is 2.16. The lowest BCUT2D eigenvalue weighted by Gasteiger charge is -2.06. The van der Waals surface area contributed by atoms with Crippen molar-refractivity contribution in [2.75, 3.05) is 5.88 Å². The average molecular weight is 333 g/mol. The summed E-state index contributed by atoms with van der Waals surface area (Å²) in [6, 6.07) is 0. The van der Waals surface area contributed by atoms with Gasteiger partial charge in [-0.2, -0.15) is 0 Å². The van der Waals surface area contributed by atoms with E-state index in [4.69, 9.17) is 11.6 Å². The normalized spacial score (nSPS) is 12.9. The predicted molar refractivity (Wildman–Crippen MR) is 104 cm³/mol. The average Bonchev–Trinajstić information content (AvgIpc) is 2.50. The molecule has 0 aromatic carbocycles. The molecule has 1 unspecified atom stereocenters. The number of hydrogen-bond acceptors (Lipinski definition) is 0. The molecule has 0 N–H and O–H groups in total. The summed E-state index contributed by atoms with van der Waals surface area (Å²) in [5.74, 6) is 0.894. The first kappa shape index (κ1) is 21.5. The first-order chi connectivity index (χ1) is 10.3. The first-order valence-corrected chi connectivity index (χ1v) is 11.6. The second kappa shape index (κ2) is 18.6. The molecule has 0 nitrogen and oxygen atoms in total. The molecule has 128 valence electrons. The molecule has 0 radical (unpaired) electrons. The van der Waals surface area contributed by atoms with Crippen LogP contribution in [-0.4, -0.2) is 16.1 Å². The number of alkyl halides is 1. The van der Waals surface area contributed by atoms with Gasteiger partial charge in [-0.25, -0.2) is 0 Å². The Labute approximate surface area is 143 Å². The molecule has 1 atom stereocenters. The largest absolute Gasteiger partial charge is 0.127 e. The molecule has 0 amide bonds. The molecule has 21 heavy (non-hydrogen) atoms. The van der Waals surface area contributed by atoms with Gasteiger partial charge < -0.3 is 0 Å². The highest BCUT2D eigenvalue weighted by molar-refractivity contribution is 6.24. The maximum Gasteiger partial charge on any atom is 0.0219 e. The van der Waals surface area contributed by atoms with Crippen LogP contribution in [0.15, 0.2) is 0 Å². The van der Waals surface area contributed by atoms with Crippen LogP contribution >= 0.6 is 11.6 Å². The summed E-state index contributed by atoms with van der Waals surface area (Å²) in [6.07, 6.45) is 23.2. The van der Waals surface area contributed by atoms with Gasteiger partial charge in [-0.05, 0) is 5.54 Å². The Morgan fingerprint density at radius 2 is 0.952 bits per heavy atom. The van der Waals surface area contributed by atoms with Gasteiger partial charge in [-0.3, -0.25) is 0 Å². The van der Waals surface area contributed by atoms with Crippen LogP contribution in [0.1, 0.15) is 110 Å². The van der Waals surface area contributed by atoms with E-state index in [0.717, 1.165) is 11.4 Å². The van der Waals surface area contributed by atoms with Gasteiger partial charge in [0.25, 0.3) is 0 Å². The molecule has 0 spiro atoms. The molecule has 2 heteroatoms. The van der Waals surface area contributed by atoms with Crippen LogP contribution in [0.4, 0.5) is 0 Å². The quantitative estimate of drug-likeness (QED) is 0.159. The minimum atomic E-state index is 0.855. The van der Waals surface area contributed by atoms with E-state index in [2.05, 4.69) is 6.92 Å². The van der Waals surface area contributed by atoms with Crippen molar-refractivity contribution in [2.45, 2.75) is 115 Å². The maximum absolute atomic E-state index is 5.85. The fourth-order valence-electron chi connectivity index (χ4n) is 2.94. The van der Waals surface area contributed by atoms with Gasteiger partial charge in [0.2, 0.25) is 0 Å². The van der Waals surface area contributed by atoms with E-state index in [1.54, 1.807) is 0 Å². The molecule has 0 heterocycles. The van der Waals surface area contributed by atoms with Crippen molar-refractivity contribution in [2.24, 2.45) is 0 Å². The molecule has 0 saturated heterocycles. The fourth-order valence-corrected chi connectivity index (χ4v) is 3.50. The van der Waals surface area contributed by atoms with E-state index >= 15 is 0 Å². The van der Waals surface area contributed by atoms with Crippen LogP contribution in [0, 0.1) is 0 Å². The zero-order chi connectivity index (χ0) is 15.6. The van der Waals surface area contributed by atoms with Crippen molar-refractivity contribution < 1.29 is 0 Å². The number of unbranched alkanes of at least 4 members (excludes halogenated alkanes) is 14. The molecular formula is C19H41ClSi. The van der Waals surface area contributed by atoms with Gasteiger partial charge in [-0.15, -0.1) is 11.6 Å². The Hall–Kier alpha value is 0.507. The van der Waals surface area contributed by atoms with Crippen LogP contribution in [0.3, 0.4) is 0 Å². The smallest absolute Gasteiger partial charge is 0.0219 e. The zero-order valence-corrected chi connectivity index (χ0v) is 17.7. The standard InChI is InChI=1S/C19H41ClSi/c1-2-3-4-5-6-7-8-9-10-11-12-13-14-15-16-17-19(21)18-20/h19H,2-18H2,1,21H3. The predicted octanol–water partition coefficient (Wildman–Crippen LogP) is 6.64. The van der Waals surface area contributed by atoms with Gasteiger partial charge in [0.05, 0.1) is 0 Å². The molecule has 0 aromatic heterocycles. The van der Waals surface area contributed by atoms with E-state index in [0.29, 0.717) is 0 Å². The van der Waals surface area contributed by atoms with E-state index in [1.807, 2.05) is 0 Å². The van der Waals surface area contributed by atoms with Crippen molar-refractivity contribution in [1.82, 2.24) is 0 Å². The Kier molecular flexibility index (Phi) is 19.0. The molecule has 0 aliphatic carbocycles. The number of halogens is 1.